The number of ether oxygens (including phenoxy) is 2. The molecule has 1 saturated heterocycles. The summed E-state index contributed by atoms with van der Waals surface area (Å²) in [7, 11) is 1.64. The van der Waals surface area contributed by atoms with E-state index in [2.05, 4.69) is 0 Å². The molecule has 1 fully saturated rings. The molecule has 0 saturated carbocycles. The number of amides is 1. The zero-order valence-corrected chi connectivity index (χ0v) is 17.7. The minimum Gasteiger partial charge on any atom is -0.489 e. The summed E-state index contributed by atoms with van der Waals surface area (Å²) in [4.78, 5) is 14.7. The van der Waals surface area contributed by atoms with Crippen LogP contribution >= 0.6 is 11.6 Å². The van der Waals surface area contributed by atoms with Crippen molar-refractivity contribution in [2.75, 3.05) is 26.8 Å². The van der Waals surface area contributed by atoms with Gasteiger partial charge in [-0.1, -0.05) is 29.8 Å². The van der Waals surface area contributed by atoms with Gasteiger partial charge in [-0.2, -0.15) is 0 Å². The molecule has 2 aromatic carbocycles. The van der Waals surface area contributed by atoms with Gasteiger partial charge in [-0.05, 0) is 61.6 Å². The molecular weight excluding hydrogens is 390 g/mol. The second kappa shape index (κ2) is 9.61. The van der Waals surface area contributed by atoms with Crippen LogP contribution in [0.2, 0.25) is 5.02 Å². The van der Waals surface area contributed by atoms with Crippen LogP contribution in [0.15, 0.2) is 42.5 Å². The van der Waals surface area contributed by atoms with E-state index in [0.29, 0.717) is 55.3 Å². The molecule has 0 spiro atoms. The highest BCUT2D eigenvalue weighted by atomic mass is 35.5. The van der Waals surface area contributed by atoms with Crippen molar-refractivity contribution in [3.8, 4) is 5.75 Å². The van der Waals surface area contributed by atoms with Crippen molar-refractivity contribution in [2.24, 2.45) is 0 Å². The average molecular weight is 418 g/mol. The Labute approximate surface area is 177 Å². The van der Waals surface area contributed by atoms with Crippen molar-refractivity contribution >= 4 is 17.5 Å². The van der Waals surface area contributed by atoms with Crippen LogP contribution in [0, 0.1) is 6.92 Å². The number of hydrogen-bond donors (Lipinski definition) is 1. The van der Waals surface area contributed by atoms with Gasteiger partial charge >= 0.3 is 0 Å². The summed E-state index contributed by atoms with van der Waals surface area (Å²) in [6.07, 6.45) is 1.74. The first kappa shape index (κ1) is 21.6. The third-order valence-electron chi connectivity index (χ3n) is 5.27. The molecule has 156 valence electrons. The lowest BCUT2D eigenvalue weighted by Gasteiger charge is -2.27. The maximum absolute atomic E-state index is 12.9. The summed E-state index contributed by atoms with van der Waals surface area (Å²) in [5.41, 5.74) is 1.67. The van der Waals surface area contributed by atoms with Crippen molar-refractivity contribution in [1.82, 2.24) is 4.90 Å². The van der Waals surface area contributed by atoms with Crippen LogP contribution in [0.5, 0.6) is 5.75 Å². The van der Waals surface area contributed by atoms with E-state index in [-0.39, 0.29) is 12.5 Å². The monoisotopic (exact) mass is 417 g/mol. The number of methoxy groups -OCH3 is 1. The lowest BCUT2D eigenvalue weighted by atomic mass is 9.96. The van der Waals surface area contributed by atoms with Crippen LogP contribution < -0.4 is 4.74 Å². The second-order valence-electron chi connectivity index (χ2n) is 7.73. The molecule has 1 amide bonds. The van der Waals surface area contributed by atoms with Crippen LogP contribution in [0.3, 0.4) is 0 Å². The molecule has 0 radical (unpaired) electrons. The molecule has 6 heteroatoms. The first-order valence-corrected chi connectivity index (χ1v) is 10.3. The molecule has 29 heavy (non-hydrogen) atoms. The maximum Gasteiger partial charge on any atom is 0.253 e. The molecule has 1 N–H and O–H groups in total. The summed E-state index contributed by atoms with van der Waals surface area (Å²) in [5.74, 6) is 0.557. The summed E-state index contributed by atoms with van der Waals surface area (Å²) in [6.45, 7) is 3.69. The molecule has 1 unspecified atom stereocenters. The Morgan fingerprint density at radius 1 is 1.21 bits per heavy atom. The Bertz CT molecular complexity index is 857. The van der Waals surface area contributed by atoms with E-state index >= 15 is 0 Å². The fraction of sp³-hybridized carbons (Fsp3) is 0.435. The first-order chi connectivity index (χ1) is 13.9. The number of halogens is 1. The summed E-state index contributed by atoms with van der Waals surface area (Å²) in [6, 6.07) is 13.1. The van der Waals surface area contributed by atoms with E-state index in [1.54, 1.807) is 13.2 Å². The molecule has 1 atom stereocenters. The molecular formula is C23H28ClNO4. The zero-order valence-electron chi connectivity index (χ0n) is 17.0. The Morgan fingerprint density at radius 2 is 2.03 bits per heavy atom. The molecule has 1 heterocycles. The second-order valence-corrected chi connectivity index (χ2v) is 8.13. The highest BCUT2D eigenvalue weighted by Gasteiger charge is 2.33. The van der Waals surface area contributed by atoms with E-state index in [1.165, 1.54) is 0 Å². The normalized spacial score (nSPS) is 19.7. The number of aryl methyl sites for hydroxylation is 1. The van der Waals surface area contributed by atoms with E-state index in [0.717, 1.165) is 11.1 Å². The van der Waals surface area contributed by atoms with Crippen LogP contribution in [0.25, 0.3) is 0 Å². The van der Waals surface area contributed by atoms with Gasteiger partial charge in [-0.15, -0.1) is 0 Å². The van der Waals surface area contributed by atoms with Gasteiger partial charge in [0.2, 0.25) is 0 Å². The SMILES string of the molecule is COCc1cccc(C(=O)N2CCCC(O)(COc3cc(C)ccc3Cl)CC2)c1. The van der Waals surface area contributed by atoms with Crippen LogP contribution in [-0.2, 0) is 11.3 Å². The number of aliphatic hydroxyl groups is 1. The Morgan fingerprint density at radius 3 is 2.83 bits per heavy atom. The summed E-state index contributed by atoms with van der Waals surface area (Å²) in [5, 5.41) is 11.6. The van der Waals surface area contributed by atoms with Gasteiger partial charge < -0.3 is 19.5 Å². The first-order valence-electron chi connectivity index (χ1n) is 9.89. The van der Waals surface area contributed by atoms with Crippen LogP contribution in [0.4, 0.5) is 0 Å². The lowest BCUT2D eigenvalue weighted by molar-refractivity contribution is -0.0163. The van der Waals surface area contributed by atoms with Crippen molar-refractivity contribution in [1.29, 1.82) is 0 Å². The number of carbonyl (C=O) groups excluding carboxylic acids is 1. The smallest absolute Gasteiger partial charge is 0.253 e. The number of hydrogen-bond acceptors (Lipinski definition) is 4. The van der Waals surface area contributed by atoms with E-state index in [9.17, 15) is 9.90 Å². The van der Waals surface area contributed by atoms with Crippen molar-refractivity contribution < 1.29 is 19.4 Å². The van der Waals surface area contributed by atoms with Crippen LogP contribution in [0.1, 0.15) is 40.7 Å². The quantitative estimate of drug-likeness (QED) is 0.764. The Kier molecular flexibility index (Phi) is 7.17. The number of carbonyl (C=O) groups is 1. The molecule has 0 bridgehead atoms. The molecule has 3 rings (SSSR count). The number of benzene rings is 2. The maximum atomic E-state index is 12.9. The Balaban J connectivity index is 1.62. The molecule has 1 aliphatic rings. The third kappa shape index (κ3) is 5.72. The standard InChI is InChI=1S/C23H28ClNO4/c1-17-7-8-20(24)21(13-17)29-16-23(27)9-4-11-25(12-10-23)22(26)19-6-3-5-18(14-19)15-28-2/h3,5-8,13-14,27H,4,9-12,15-16H2,1-2H3. The van der Waals surface area contributed by atoms with Crippen molar-refractivity contribution in [3.05, 3.63) is 64.2 Å². The number of likely N-dealkylation sites (tertiary alicyclic amines) is 1. The highest BCUT2D eigenvalue weighted by Crippen LogP contribution is 2.29. The van der Waals surface area contributed by atoms with Gasteiger partial charge in [0, 0.05) is 25.8 Å². The van der Waals surface area contributed by atoms with Crippen molar-refractivity contribution in [2.45, 2.75) is 38.4 Å². The largest absolute Gasteiger partial charge is 0.489 e. The highest BCUT2D eigenvalue weighted by molar-refractivity contribution is 6.32. The number of rotatable bonds is 6. The van der Waals surface area contributed by atoms with Gasteiger partial charge in [0.25, 0.3) is 5.91 Å². The third-order valence-corrected chi connectivity index (χ3v) is 5.58. The van der Waals surface area contributed by atoms with E-state index in [4.69, 9.17) is 21.1 Å². The van der Waals surface area contributed by atoms with Gasteiger partial charge in [0.15, 0.2) is 0 Å². The molecule has 5 nitrogen and oxygen atoms in total. The zero-order chi connectivity index (χ0) is 20.9. The molecule has 2 aromatic rings. The minimum absolute atomic E-state index is 0.0187. The van der Waals surface area contributed by atoms with Gasteiger partial charge in [0.05, 0.1) is 11.6 Å². The van der Waals surface area contributed by atoms with Crippen LogP contribution in [-0.4, -0.2) is 48.3 Å². The van der Waals surface area contributed by atoms with Crippen molar-refractivity contribution in [3.63, 3.8) is 0 Å². The predicted molar refractivity (Wildman–Crippen MR) is 114 cm³/mol. The fourth-order valence-corrected chi connectivity index (χ4v) is 3.78. The number of nitrogens with zero attached hydrogens (tertiary/aromatic N) is 1. The van der Waals surface area contributed by atoms with E-state index < -0.39 is 5.60 Å². The topological polar surface area (TPSA) is 59.0 Å². The van der Waals surface area contributed by atoms with E-state index in [1.807, 2.05) is 48.2 Å². The summed E-state index contributed by atoms with van der Waals surface area (Å²) < 4.78 is 11.0. The van der Waals surface area contributed by atoms with Gasteiger partial charge in [-0.3, -0.25) is 4.79 Å². The summed E-state index contributed by atoms with van der Waals surface area (Å²) >= 11 is 6.19. The average Bonchev–Trinajstić information content (AvgIpc) is 2.91. The fourth-order valence-electron chi connectivity index (χ4n) is 3.60. The Hall–Kier alpha value is -2.08. The molecule has 0 aromatic heterocycles. The van der Waals surface area contributed by atoms with Gasteiger partial charge in [-0.25, -0.2) is 0 Å². The molecule has 0 aliphatic carbocycles. The molecule has 1 aliphatic heterocycles. The van der Waals surface area contributed by atoms with Gasteiger partial charge in [0.1, 0.15) is 18.0 Å². The lowest BCUT2D eigenvalue weighted by Crippen LogP contribution is -2.38. The minimum atomic E-state index is -0.986. The predicted octanol–water partition coefficient (Wildman–Crippen LogP) is 4.23.